The lowest BCUT2D eigenvalue weighted by Crippen LogP contribution is -2.32. The van der Waals surface area contributed by atoms with Crippen molar-refractivity contribution >= 4 is 23.2 Å². The van der Waals surface area contributed by atoms with E-state index in [1.807, 2.05) is 24.3 Å². The number of hydrogen-bond donors (Lipinski definition) is 2. The van der Waals surface area contributed by atoms with Crippen molar-refractivity contribution in [3.63, 3.8) is 0 Å². The molecule has 6 heteroatoms. The van der Waals surface area contributed by atoms with Gasteiger partial charge in [-0.05, 0) is 48.0 Å². The summed E-state index contributed by atoms with van der Waals surface area (Å²) in [6.45, 7) is 0. The molecule has 0 saturated carbocycles. The van der Waals surface area contributed by atoms with Crippen molar-refractivity contribution in [3.05, 3.63) is 89.7 Å². The van der Waals surface area contributed by atoms with E-state index in [0.717, 1.165) is 5.56 Å². The van der Waals surface area contributed by atoms with E-state index in [9.17, 15) is 14.0 Å². The molecule has 2 amide bonds. The molecule has 3 aromatic rings. The standard InChI is InChI=1S/C22H17FN2O3/c23-15-9-11-16(12-10-15)24-21(26)17-6-2-3-7-18(17)25-22(27)20-13-14-5-1-4-8-19(14)28-20/h1-12,20H,13H2,(H,24,26)(H,25,27)/t20-/m0/s1. The molecule has 3 aromatic carbocycles. The maximum Gasteiger partial charge on any atom is 0.265 e. The summed E-state index contributed by atoms with van der Waals surface area (Å²) in [5.74, 6) is -0.412. The zero-order valence-corrected chi connectivity index (χ0v) is 14.8. The summed E-state index contributed by atoms with van der Waals surface area (Å²) in [7, 11) is 0. The van der Waals surface area contributed by atoms with Crippen molar-refractivity contribution in [3.8, 4) is 5.75 Å². The summed E-state index contributed by atoms with van der Waals surface area (Å²) in [5.41, 5.74) is 2.12. The lowest BCUT2D eigenvalue weighted by atomic mass is 10.1. The van der Waals surface area contributed by atoms with Gasteiger partial charge in [-0.2, -0.15) is 0 Å². The molecule has 0 bridgehead atoms. The maximum absolute atomic E-state index is 13.0. The monoisotopic (exact) mass is 376 g/mol. The fraction of sp³-hybridized carbons (Fsp3) is 0.0909. The Morgan fingerprint density at radius 1 is 0.893 bits per heavy atom. The van der Waals surface area contributed by atoms with Crippen LogP contribution in [-0.4, -0.2) is 17.9 Å². The first kappa shape index (κ1) is 17.7. The first-order chi connectivity index (χ1) is 13.6. The summed E-state index contributed by atoms with van der Waals surface area (Å²) in [5, 5.41) is 5.47. The highest BCUT2D eigenvalue weighted by atomic mass is 19.1. The van der Waals surface area contributed by atoms with Gasteiger partial charge in [-0.15, -0.1) is 0 Å². The molecular formula is C22H17FN2O3. The van der Waals surface area contributed by atoms with Crippen LogP contribution in [0.1, 0.15) is 15.9 Å². The number of amides is 2. The zero-order chi connectivity index (χ0) is 19.5. The van der Waals surface area contributed by atoms with Crippen molar-refractivity contribution in [1.82, 2.24) is 0 Å². The van der Waals surface area contributed by atoms with Gasteiger partial charge in [-0.1, -0.05) is 30.3 Å². The molecule has 0 unspecified atom stereocenters. The van der Waals surface area contributed by atoms with Gasteiger partial charge < -0.3 is 15.4 Å². The quantitative estimate of drug-likeness (QED) is 0.723. The topological polar surface area (TPSA) is 67.4 Å². The van der Waals surface area contributed by atoms with Gasteiger partial charge in [0, 0.05) is 12.1 Å². The fourth-order valence-electron chi connectivity index (χ4n) is 3.06. The molecule has 0 aromatic heterocycles. The minimum atomic E-state index is -0.648. The number of benzene rings is 3. The predicted octanol–water partition coefficient (Wildman–Crippen LogP) is 4.02. The highest BCUT2D eigenvalue weighted by Crippen LogP contribution is 2.29. The third-order valence-electron chi connectivity index (χ3n) is 4.47. The van der Waals surface area contributed by atoms with Gasteiger partial charge in [0.05, 0.1) is 11.3 Å². The van der Waals surface area contributed by atoms with Crippen molar-refractivity contribution in [2.24, 2.45) is 0 Å². The molecule has 2 N–H and O–H groups in total. The van der Waals surface area contributed by atoms with Crippen LogP contribution in [0.2, 0.25) is 0 Å². The van der Waals surface area contributed by atoms with Crippen LogP contribution in [0.25, 0.3) is 0 Å². The normalized spacial score (nSPS) is 14.7. The Balaban J connectivity index is 1.48. The number of rotatable bonds is 4. The number of hydrogen-bond acceptors (Lipinski definition) is 3. The number of anilines is 2. The van der Waals surface area contributed by atoms with Crippen LogP contribution in [0.3, 0.4) is 0 Å². The highest BCUT2D eigenvalue weighted by Gasteiger charge is 2.29. The molecule has 5 nitrogen and oxygen atoms in total. The molecule has 1 aliphatic heterocycles. The molecule has 4 rings (SSSR count). The van der Waals surface area contributed by atoms with E-state index in [2.05, 4.69) is 10.6 Å². The first-order valence-corrected chi connectivity index (χ1v) is 8.81. The molecule has 1 atom stereocenters. The van der Waals surface area contributed by atoms with Gasteiger partial charge in [-0.25, -0.2) is 4.39 Å². The second-order valence-corrected chi connectivity index (χ2v) is 6.41. The average molecular weight is 376 g/mol. The third-order valence-corrected chi connectivity index (χ3v) is 4.47. The zero-order valence-electron chi connectivity index (χ0n) is 14.8. The Bertz CT molecular complexity index is 1010. The molecular weight excluding hydrogens is 359 g/mol. The van der Waals surface area contributed by atoms with E-state index >= 15 is 0 Å². The Kier molecular flexibility index (Phi) is 4.76. The summed E-state index contributed by atoms with van der Waals surface area (Å²) < 4.78 is 18.7. The Labute approximate surface area is 161 Å². The molecule has 0 radical (unpaired) electrons. The molecule has 0 aliphatic carbocycles. The minimum absolute atomic E-state index is 0.302. The second kappa shape index (κ2) is 7.52. The van der Waals surface area contributed by atoms with Crippen molar-refractivity contribution in [1.29, 1.82) is 0 Å². The summed E-state index contributed by atoms with van der Waals surface area (Å²) in [6.07, 6.45) is -0.169. The van der Waals surface area contributed by atoms with Crippen molar-refractivity contribution < 1.29 is 18.7 Å². The van der Waals surface area contributed by atoms with E-state index in [4.69, 9.17) is 4.74 Å². The van der Waals surface area contributed by atoms with Crippen LogP contribution in [0.4, 0.5) is 15.8 Å². The second-order valence-electron chi connectivity index (χ2n) is 6.41. The van der Waals surface area contributed by atoms with Gasteiger partial charge in [0.15, 0.2) is 6.10 Å². The van der Waals surface area contributed by atoms with Crippen LogP contribution in [0.15, 0.2) is 72.8 Å². The van der Waals surface area contributed by atoms with Crippen LogP contribution in [-0.2, 0) is 11.2 Å². The number of carbonyl (C=O) groups is 2. The Morgan fingerprint density at radius 3 is 2.39 bits per heavy atom. The van der Waals surface area contributed by atoms with Crippen LogP contribution in [0.5, 0.6) is 5.75 Å². The van der Waals surface area contributed by atoms with Gasteiger partial charge in [0.2, 0.25) is 0 Å². The average Bonchev–Trinajstić information content (AvgIpc) is 3.14. The number of fused-ring (bicyclic) bond motifs is 1. The SMILES string of the molecule is O=C(Nc1ccc(F)cc1)c1ccccc1NC(=O)[C@@H]1Cc2ccccc2O1. The molecule has 1 heterocycles. The van der Waals surface area contributed by atoms with Gasteiger partial charge >= 0.3 is 0 Å². The molecule has 0 spiro atoms. The number of halogens is 1. The summed E-state index contributed by atoms with van der Waals surface area (Å²) in [4.78, 5) is 25.3. The molecule has 28 heavy (non-hydrogen) atoms. The third kappa shape index (κ3) is 3.71. The Morgan fingerprint density at radius 2 is 1.61 bits per heavy atom. The van der Waals surface area contributed by atoms with Crippen LogP contribution in [0, 0.1) is 5.82 Å². The first-order valence-electron chi connectivity index (χ1n) is 8.81. The van der Waals surface area contributed by atoms with E-state index in [1.165, 1.54) is 24.3 Å². The summed E-state index contributed by atoms with van der Waals surface area (Å²) >= 11 is 0. The smallest absolute Gasteiger partial charge is 0.265 e. The van der Waals surface area contributed by atoms with E-state index < -0.39 is 12.0 Å². The van der Waals surface area contributed by atoms with Gasteiger partial charge in [0.25, 0.3) is 11.8 Å². The fourth-order valence-corrected chi connectivity index (χ4v) is 3.06. The van der Waals surface area contributed by atoms with Crippen LogP contribution >= 0.6 is 0 Å². The van der Waals surface area contributed by atoms with Gasteiger partial charge in [0.1, 0.15) is 11.6 Å². The number of para-hydroxylation sites is 2. The maximum atomic E-state index is 13.0. The largest absolute Gasteiger partial charge is 0.480 e. The predicted molar refractivity (Wildman–Crippen MR) is 104 cm³/mol. The van der Waals surface area contributed by atoms with Crippen molar-refractivity contribution in [2.75, 3.05) is 10.6 Å². The van der Waals surface area contributed by atoms with E-state index in [-0.39, 0.29) is 11.7 Å². The summed E-state index contributed by atoms with van der Waals surface area (Å²) in [6, 6.07) is 19.7. The van der Waals surface area contributed by atoms with Crippen LogP contribution < -0.4 is 15.4 Å². The number of carbonyl (C=O) groups excluding carboxylic acids is 2. The van der Waals surface area contributed by atoms with E-state index in [0.29, 0.717) is 29.1 Å². The minimum Gasteiger partial charge on any atom is -0.480 e. The van der Waals surface area contributed by atoms with Gasteiger partial charge in [-0.3, -0.25) is 9.59 Å². The Hall–Kier alpha value is -3.67. The highest BCUT2D eigenvalue weighted by molar-refractivity contribution is 6.10. The molecule has 0 fully saturated rings. The molecule has 1 aliphatic rings. The number of nitrogens with one attached hydrogen (secondary N) is 2. The van der Waals surface area contributed by atoms with E-state index in [1.54, 1.807) is 24.3 Å². The van der Waals surface area contributed by atoms with Crippen molar-refractivity contribution in [2.45, 2.75) is 12.5 Å². The molecule has 0 saturated heterocycles. The lowest BCUT2D eigenvalue weighted by molar-refractivity contribution is -0.122. The number of ether oxygens (including phenoxy) is 1. The molecule has 140 valence electrons. The lowest BCUT2D eigenvalue weighted by Gasteiger charge is -2.14.